The molecule has 4 aromatic rings. The lowest BCUT2D eigenvalue weighted by Crippen LogP contribution is -2.35. The first-order chi connectivity index (χ1) is 16.9. The van der Waals surface area contributed by atoms with Gasteiger partial charge in [-0.3, -0.25) is 0 Å². The van der Waals surface area contributed by atoms with Crippen LogP contribution in [0.2, 0.25) is 0 Å². The molecule has 2 aromatic heterocycles. The SMILES string of the molecule is CC(Cc1cc(F)cc2n[nH]nc12)c1cnc(Nc2ccc(S(=O)(=O)C3CCNCC3)cc2)nc1. The summed E-state index contributed by atoms with van der Waals surface area (Å²) in [6, 6.07) is 9.53. The fourth-order valence-electron chi connectivity index (χ4n) is 4.40. The van der Waals surface area contributed by atoms with Crippen molar-refractivity contribution in [2.24, 2.45) is 0 Å². The summed E-state index contributed by atoms with van der Waals surface area (Å²) in [6.45, 7) is 3.47. The number of H-pyrrole nitrogens is 1. The van der Waals surface area contributed by atoms with Crippen molar-refractivity contribution < 1.29 is 12.8 Å². The highest BCUT2D eigenvalue weighted by Gasteiger charge is 2.28. The predicted molar refractivity (Wildman–Crippen MR) is 131 cm³/mol. The van der Waals surface area contributed by atoms with Crippen LogP contribution in [0.25, 0.3) is 11.0 Å². The van der Waals surface area contributed by atoms with Crippen molar-refractivity contribution in [1.29, 1.82) is 0 Å². The first-order valence-corrected chi connectivity index (χ1v) is 13.1. The Hall–Kier alpha value is -3.44. The summed E-state index contributed by atoms with van der Waals surface area (Å²) in [5.74, 6) is 0.0868. The van der Waals surface area contributed by atoms with Gasteiger partial charge in [-0.05, 0) is 79.7 Å². The lowest BCUT2D eigenvalue weighted by atomic mass is 9.95. The van der Waals surface area contributed by atoms with Crippen LogP contribution in [0, 0.1) is 5.82 Å². The van der Waals surface area contributed by atoms with Crippen LogP contribution in [-0.2, 0) is 16.3 Å². The molecule has 1 unspecified atom stereocenters. The molecule has 0 aliphatic carbocycles. The Kier molecular flexibility index (Phi) is 6.44. The number of piperidine rings is 1. The minimum absolute atomic E-state index is 0.0326. The summed E-state index contributed by atoms with van der Waals surface area (Å²) in [5.41, 5.74) is 3.52. The summed E-state index contributed by atoms with van der Waals surface area (Å²) in [7, 11) is -3.34. The molecule has 0 bridgehead atoms. The molecule has 1 atom stereocenters. The third-order valence-electron chi connectivity index (χ3n) is 6.40. The lowest BCUT2D eigenvalue weighted by molar-refractivity contribution is 0.496. The van der Waals surface area contributed by atoms with E-state index in [0.717, 1.165) is 24.2 Å². The van der Waals surface area contributed by atoms with E-state index in [-0.39, 0.29) is 17.0 Å². The van der Waals surface area contributed by atoms with Crippen LogP contribution in [0.5, 0.6) is 0 Å². The molecule has 0 radical (unpaired) electrons. The van der Waals surface area contributed by atoms with Gasteiger partial charge in [0.1, 0.15) is 16.9 Å². The summed E-state index contributed by atoms with van der Waals surface area (Å²) in [6.07, 6.45) is 5.28. The van der Waals surface area contributed by atoms with Gasteiger partial charge < -0.3 is 10.6 Å². The molecule has 2 aromatic carbocycles. The number of nitrogens with zero attached hydrogens (tertiary/aromatic N) is 4. The van der Waals surface area contributed by atoms with Gasteiger partial charge in [0.25, 0.3) is 0 Å². The zero-order valence-electron chi connectivity index (χ0n) is 19.2. The smallest absolute Gasteiger partial charge is 0.227 e. The summed E-state index contributed by atoms with van der Waals surface area (Å²) < 4.78 is 39.6. The number of nitrogens with one attached hydrogen (secondary N) is 3. The standard InChI is InChI=1S/C24H26FN7O2S/c1-15(10-16-11-18(25)12-22-23(16)31-32-30-22)17-13-27-24(28-14-17)29-19-2-4-20(5-3-19)35(33,34)21-6-8-26-9-7-21/h2-5,11-15,21,26H,6-10H2,1H3,(H,27,28,29)(H,30,31,32). The number of anilines is 2. The zero-order valence-corrected chi connectivity index (χ0v) is 20.0. The minimum atomic E-state index is -3.34. The Balaban J connectivity index is 1.25. The van der Waals surface area contributed by atoms with Crippen molar-refractivity contribution in [3.8, 4) is 0 Å². The number of benzene rings is 2. The molecule has 1 fully saturated rings. The van der Waals surface area contributed by atoms with Gasteiger partial charge in [0, 0.05) is 24.1 Å². The average molecular weight is 496 g/mol. The number of hydrogen-bond acceptors (Lipinski definition) is 8. The normalized spacial score (nSPS) is 15.8. The topological polar surface area (TPSA) is 126 Å². The van der Waals surface area contributed by atoms with Gasteiger partial charge in [-0.25, -0.2) is 22.8 Å². The van der Waals surface area contributed by atoms with Crippen molar-refractivity contribution in [2.75, 3.05) is 18.4 Å². The van der Waals surface area contributed by atoms with E-state index in [4.69, 9.17) is 0 Å². The maximum absolute atomic E-state index is 13.9. The number of sulfone groups is 1. The van der Waals surface area contributed by atoms with E-state index in [1.165, 1.54) is 12.1 Å². The molecule has 0 saturated carbocycles. The fraction of sp³-hybridized carbons (Fsp3) is 0.333. The highest BCUT2D eigenvalue weighted by atomic mass is 32.2. The summed E-state index contributed by atoms with van der Waals surface area (Å²) in [4.78, 5) is 9.12. The molecular weight excluding hydrogens is 469 g/mol. The first-order valence-electron chi connectivity index (χ1n) is 11.5. The monoisotopic (exact) mass is 495 g/mol. The number of fused-ring (bicyclic) bond motifs is 1. The van der Waals surface area contributed by atoms with E-state index in [9.17, 15) is 12.8 Å². The van der Waals surface area contributed by atoms with E-state index < -0.39 is 9.84 Å². The summed E-state index contributed by atoms with van der Waals surface area (Å²) in [5, 5.41) is 16.6. The highest BCUT2D eigenvalue weighted by Crippen LogP contribution is 2.26. The predicted octanol–water partition coefficient (Wildman–Crippen LogP) is 3.50. The number of aromatic amines is 1. The largest absolute Gasteiger partial charge is 0.324 e. The third kappa shape index (κ3) is 5.01. The van der Waals surface area contributed by atoms with Crippen LogP contribution in [0.4, 0.5) is 16.0 Å². The van der Waals surface area contributed by atoms with Gasteiger partial charge in [0.05, 0.1) is 10.1 Å². The molecule has 3 N–H and O–H groups in total. The van der Waals surface area contributed by atoms with Gasteiger partial charge >= 0.3 is 0 Å². The van der Waals surface area contributed by atoms with Crippen LogP contribution >= 0.6 is 0 Å². The van der Waals surface area contributed by atoms with E-state index in [1.807, 2.05) is 6.92 Å². The number of halogens is 1. The zero-order chi connectivity index (χ0) is 24.4. The van der Waals surface area contributed by atoms with Crippen molar-refractivity contribution >= 4 is 32.5 Å². The van der Waals surface area contributed by atoms with Gasteiger partial charge in [0.15, 0.2) is 9.84 Å². The molecule has 11 heteroatoms. The number of rotatable bonds is 7. The molecule has 0 spiro atoms. The van der Waals surface area contributed by atoms with Crippen molar-refractivity contribution in [1.82, 2.24) is 30.7 Å². The van der Waals surface area contributed by atoms with Crippen LogP contribution in [0.3, 0.4) is 0 Å². The average Bonchev–Trinajstić information content (AvgIpc) is 3.34. The van der Waals surface area contributed by atoms with Gasteiger partial charge in [0.2, 0.25) is 5.95 Å². The Morgan fingerprint density at radius 1 is 1.09 bits per heavy atom. The Labute approximate surface area is 202 Å². The molecular formula is C24H26FN7O2S. The quantitative estimate of drug-likeness (QED) is 0.356. The molecule has 1 aliphatic rings. The van der Waals surface area contributed by atoms with E-state index >= 15 is 0 Å². The molecule has 35 heavy (non-hydrogen) atoms. The van der Waals surface area contributed by atoms with E-state index in [0.29, 0.717) is 46.8 Å². The first kappa shape index (κ1) is 23.3. The van der Waals surface area contributed by atoms with Crippen LogP contribution in [-0.4, -0.2) is 52.1 Å². The second-order valence-corrected chi connectivity index (χ2v) is 11.1. The van der Waals surface area contributed by atoms with Crippen molar-refractivity contribution in [2.45, 2.75) is 42.2 Å². The molecule has 0 amide bonds. The molecule has 5 rings (SSSR count). The second-order valence-electron chi connectivity index (χ2n) is 8.85. The van der Waals surface area contributed by atoms with Gasteiger partial charge in [-0.15, -0.1) is 0 Å². The van der Waals surface area contributed by atoms with Crippen LogP contribution < -0.4 is 10.6 Å². The Morgan fingerprint density at radius 3 is 2.51 bits per heavy atom. The van der Waals surface area contributed by atoms with Gasteiger partial charge in [-0.2, -0.15) is 15.4 Å². The minimum Gasteiger partial charge on any atom is -0.324 e. The highest BCUT2D eigenvalue weighted by molar-refractivity contribution is 7.92. The summed E-state index contributed by atoms with van der Waals surface area (Å²) >= 11 is 0. The van der Waals surface area contributed by atoms with Crippen LogP contribution in [0.1, 0.15) is 36.8 Å². The maximum Gasteiger partial charge on any atom is 0.227 e. The van der Waals surface area contributed by atoms with Crippen LogP contribution in [0.15, 0.2) is 53.7 Å². The second kappa shape index (κ2) is 9.67. The Bertz CT molecular complexity index is 1420. The molecule has 3 heterocycles. The van der Waals surface area contributed by atoms with E-state index in [1.54, 1.807) is 36.7 Å². The molecule has 1 saturated heterocycles. The fourth-order valence-corrected chi connectivity index (χ4v) is 6.16. The van der Waals surface area contributed by atoms with Crippen molar-refractivity contribution in [3.63, 3.8) is 0 Å². The molecule has 182 valence electrons. The molecule has 1 aliphatic heterocycles. The third-order valence-corrected chi connectivity index (χ3v) is 8.68. The number of aromatic nitrogens is 5. The maximum atomic E-state index is 13.9. The Morgan fingerprint density at radius 2 is 1.80 bits per heavy atom. The van der Waals surface area contributed by atoms with Gasteiger partial charge in [-0.1, -0.05) is 6.92 Å². The number of hydrogen-bond donors (Lipinski definition) is 3. The van der Waals surface area contributed by atoms with E-state index in [2.05, 4.69) is 36.0 Å². The molecule has 9 nitrogen and oxygen atoms in total. The van der Waals surface area contributed by atoms with Crippen molar-refractivity contribution in [3.05, 3.63) is 65.7 Å². The lowest BCUT2D eigenvalue weighted by Gasteiger charge is -2.22.